The Balaban J connectivity index is 1.52. The number of carbonyl (C=O) groups excluding carboxylic acids is 1. The highest BCUT2D eigenvalue weighted by Crippen LogP contribution is 2.14. The molecule has 0 aliphatic rings. The van der Waals surface area contributed by atoms with Crippen LogP contribution < -0.4 is 10.6 Å². The van der Waals surface area contributed by atoms with Crippen molar-refractivity contribution in [2.24, 2.45) is 0 Å². The molecule has 0 unspecified atom stereocenters. The number of aromatic nitrogens is 2. The Hall–Kier alpha value is -3.28. The van der Waals surface area contributed by atoms with Gasteiger partial charge in [-0.25, -0.2) is 14.4 Å². The third kappa shape index (κ3) is 4.86. The smallest absolute Gasteiger partial charge is 0.254 e. The number of hydrogen-bond acceptors (Lipinski definition) is 4. The van der Waals surface area contributed by atoms with Gasteiger partial charge in [0.1, 0.15) is 5.82 Å². The van der Waals surface area contributed by atoms with Gasteiger partial charge in [0.2, 0.25) is 5.95 Å². The lowest BCUT2D eigenvalue weighted by molar-refractivity contribution is 0.0953. The summed E-state index contributed by atoms with van der Waals surface area (Å²) in [5.41, 5.74) is 3.37. The quantitative estimate of drug-likeness (QED) is 0.712. The molecule has 132 valence electrons. The van der Waals surface area contributed by atoms with E-state index in [1.807, 2.05) is 31.2 Å². The number of nitrogens with one attached hydrogen (secondary N) is 2. The van der Waals surface area contributed by atoms with E-state index >= 15 is 0 Å². The number of amides is 1. The van der Waals surface area contributed by atoms with Crippen LogP contribution in [0.1, 0.15) is 21.5 Å². The van der Waals surface area contributed by atoms with Gasteiger partial charge in [0.15, 0.2) is 0 Å². The number of hydrogen-bond donors (Lipinski definition) is 2. The van der Waals surface area contributed by atoms with E-state index in [1.165, 1.54) is 24.5 Å². The summed E-state index contributed by atoms with van der Waals surface area (Å²) < 4.78 is 12.9. The van der Waals surface area contributed by atoms with Crippen LogP contribution in [0.5, 0.6) is 0 Å². The van der Waals surface area contributed by atoms with Gasteiger partial charge >= 0.3 is 0 Å². The predicted molar refractivity (Wildman–Crippen MR) is 98.9 cm³/mol. The topological polar surface area (TPSA) is 66.9 Å². The fraction of sp³-hybridized carbons (Fsp3) is 0.150. The maximum atomic E-state index is 12.9. The highest BCUT2D eigenvalue weighted by atomic mass is 19.1. The molecule has 1 heterocycles. The van der Waals surface area contributed by atoms with Crippen LogP contribution in [-0.2, 0) is 6.42 Å². The van der Waals surface area contributed by atoms with Gasteiger partial charge in [-0.15, -0.1) is 0 Å². The van der Waals surface area contributed by atoms with Gasteiger partial charge in [-0.05, 0) is 48.7 Å². The molecular formula is C20H19FN4O. The number of anilines is 2. The number of carbonyl (C=O) groups is 1. The minimum absolute atomic E-state index is 0.241. The SMILES string of the molecule is Cc1cccc(Nc2ncc(C(=O)NCCc3ccc(F)cc3)cn2)c1. The Labute approximate surface area is 151 Å². The second kappa shape index (κ2) is 8.20. The average molecular weight is 350 g/mol. The summed E-state index contributed by atoms with van der Waals surface area (Å²) >= 11 is 0. The van der Waals surface area contributed by atoms with Gasteiger partial charge in [-0.3, -0.25) is 4.79 Å². The second-order valence-electron chi connectivity index (χ2n) is 5.92. The molecule has 6 heteroatoms. The van der Waals surface area contributed by atoms with Gasteiger partial charge in [0, 0.05) is 24.6 Å². The zero-order chi connectivity index (χ0) is 18.4. The molecule has 1 amide bonds. The van der Waals surface area contributed by atoms with Crippen molar-refractivity contribution in [3.63, 3.8) is 0 Å². The molecule has 1 aromatic heterocycles. The third-order valence-electron chi connectivity index (χ3n) is 3.80. The summed E-state index contributed by atoms with van der Waals surface area (Å²) in [6.45, 7) is 2.46. The second-order valence-corrected chi connectivity index (χ2v) is 5.92. The molecule has 0 aliphatic heterocycles. The summed E-state index contributed by atoms with van der Waals surface area (Å²) in [7, 11) is 0. The van der Waals surface area contributed by atoms with Gasteiger partial charge in [-0.2, -0.15) is 0 Å². The van der Waals surface area contributed by atoms with Crippen molar-refractivity contribution in [1.29, 1.82) is 0 Å². The van der Waals surface area contributed by atoms with E-state index in [-0.39, 0.29) is 11.7 Å². The average Bonchev–Trinajstić information content (AvgIpc) is 2.64. The van der Waals surface area contributed by atoms with E-state index in [2.05, 4.69) is 20.6 Å². The Morgan fingerprint density at radius 3 is 2.50 bits per heavy atom. The van der Waals surface area contributed by atoms with Crippen LogP contribution in [0, 0.1) is 12.7 Å². The largest absolute Gasteiger partial charge is 0.352 e. The summed E-state index contributed by atoms with van der Waals surface area (Å²) in [6.07, 6.45) is 3.59. The first kappa shape index (κ1) is 17.5. The van der Waals surface area contributed by atoms with E-state index < -0.39 is 0 Å². The number of nitrogens with zero attached hydrogens (tertiary/aromatic N) is 2. The Morgan fingerprint density at radius 1 is 1.08 bits per heavy atom. The van der Waals surface area contributed by atoms with Gasteiger partial charge in [-0.1, -0.05) is 24.3 Å². The molecule has 0 bridgehead atoms. The van der Waals surface area contributed by atoms with Crippen molar-refractivity contribution in [3.8, 4) is 0 Å². The number of rotatable bonds is 6. The van der Waals surface area contributed by atoms with E-state index in [0.717, 1.165) is 16.8 Å². The molecule has 2 aromatic carbocycles. The van der Waals surface area contributed by atoms with Gasteiger partial charge < -0.3 is 10.6 Å². The van der Waals surface area contributed by atoms with E-state index in [4.69, 9.17) is 0 Å². The lowest BCUT2D eigenvalue weighted by Gasteiger charge is -2.07. The Bertz CT molecular complexity index is 879. The zero-order valence-corrected chi connectivity index (χ0v) is 14.4. The summed E-state index contributed by atoms with van der Waals surface area (Å²) in [5, 5.41) is 5.90. The van der Waals surface area contributed by atoms with Crippen LogP contribution in [0.15, 0.2) is 60.9 Å². The minimum Gasteiger partial charge on any atom is -0.352 e. The van der Waals surface area contributed by atoms with Crippen LogP contribution in [0.3, 0.4) is 0 Å². The molecule has 5 nitrogen and oxygen atoms in total. The molecule has 3 rings (SSSR count). The van der Waals surface area contributed by atoms with E-state index in [9.17, 15) is 9.18 Å². The first-order chi connectivity index (χ1) is 12.6. The van der Waals surface area contributed by atoms with E-state index in [0.29, 0.717) is 24.5 Å². The zero-order valence-electron chi connectivity index (χ0n) is 14.4. The molecular weight excluding hydrogens is 331 g/mol. The minimum atomic E-state index is -0.269. The lowest BCUT2D eigenvalue weighted by Crippen LogP contribution is -2.26. The molecule has 0 saturated carbocycles. The molecule has 2 N–H and O–H groups in total. The number of halogens is 1. The lowest BCUT2D eigenvalue weighted by atomic mass is 10.1. The van der Waals surface area contributed by atoms with Crippen molar-refractivity contribution in [1.82, 2.24) is 15.3 Å². The maximum absolute atomic E-state index is 12.9. The molecule has 0 radical (unpaired) electrons. The van der Waals surface area contributed by atoms with Crippen LogP contribution in [0.2, 0.25) is 0 Å². The van der Waals surface area contributed by atoms with Crippen molar-refractivity contribution in [3.05, 3.63) is 83.4 Å². The van der Waals surface area contributed by atoms with Crippen molar-refractivity contribution in [2.45, 2.75) is 13.3 Å². The summed E-state index contributed by atoms with van der Waals surface area (Å²) in [5.74, 6) is -0.0815. The molecule has 0 saturated heterocycles. The van der Waals surface area contributed by atoms with Gasteiger partial charge in [0.05, 0.1) is 5.56 Å². The molecule has 26 heavy (non-hydrogen) atoms. The van der Waals surface area contributed by atoms with Gasteiger partial charge in [0.25, 0.3) is 5.91 Å². The monoisotopic (exact) mass is 350 g/mol. The highest BCUT2D eigenvalue weighted by molar-refractivity contribution is 5.93. The molecule has 0 fully saturated rings. The normalized spacial score (nSPS) is 10.4. The van der Waals surface area contributed by atoms with Crippen molar-refractivity contribution < 1.29 is 9.18 Å². The van der Waals surface area contributed by atoms with Crippen molar-refractivity contribution >= 4 is 17.5 Å². The fourth-order valence-corrected chi connectivity index (χ4v) is 2.44. The number of benzene rings is 2. The van der Waals surface area contributed by atoms with Crippen LogP contribution >= 0.6 is 0 Å². The Morgan fingerprint density at radius 2 is 1.81 bits per heavy atom. The van der Waals surface area contributed by atoms with Crippen molar-refractivity contribution in [2.75, 3.05) is 11.9 Å². The van der Waals surface area contributed by atoms with E-state index in [1.54, 1.807) is 12.1 Å². The molecule has 0 spiro atoms. The first-order valence-corrected chi connectivity index (χ1v) is 8.28. The fourth-order valence-electron chi connectivity index (χ4n) is 2.44. The Kier molecular flexibility index (Phi) is 5.53. The van der Waals surface area contributed by atoms with Crippen LogP contribution in [0.25, 0.3) is 0 Å². The van der Waals surface area contributed by atoms with Crippen LogP contribution in [0.4, 0.5) is 16.0 Å². The first-order valence-electron chi connectivity index (χ1n) is 8.28. The summed E-state index contributed by atoms with van der Waals surface area (Å²) in [4.78, 5) is 20.5. The standard InChI is InChI=1S/C20H19FN4O/c1-14-3-2-4-18(11-14)25-20-23-12-16(13-24-20)19(26)22-10-9-15-5-7-17(21)8-6-15/h2-8,11-13H,9-10H2,1H3,(H,22,26)(H,23,24,25). The third-order valence-corrected chi connectivity index (χ3v) is 3.80. The molecule has 0 atom stereocenters. The molecule has 3 aromatic rings. The predicted octanol–water partition coefficient (Wildman–Crippen LogP) is 3.64. The van der Waals surface area contributed by atoms with Crippen LogP contribution in [-0.4, -0.2) is 22.4 Å². The maximum Gasteiger partial charge on any atom is 0.254 e. The number of aryl methyl sites for hydroxylation is 1. The molecule has 0 aliphatic carbocycles. The summed E-state index contributed by atoms with van der Waals surface area (Å²) in [6, 6.07) is 14.1. The highest BCUT2D eigenvalue weighted by Gasteiger charge is 2.07.